The summed E-state index contributed by atoms with van der Waals surface area (Å²) in [6, 6.07) is 0. The molecule has 120 valence electrons. The monoisotopic (exact) mass is 303 g/mol. The average molecular weight is 303 g/mol. The molecule has 3 saturated heterocycles. The standard InChI is InChI=1S/C12H21N3O6/c1-6-3-4-21-12(7(16)10(2,19)5-13)9(18)14-11(6,20)8(17)15-12/h6-7,16,19-20H,3-5,13H2,1-2H3,(H,14,18)(H,15,17)/t6?,7-,10-,11+,12-/m0/s1. The second kappa shape index (κ2) is 4.89. The summed E-state index contributed by atoms with van der Waals surface area (Å²) in [6.45, 7) is 2.46. The number of amides is 2. The van der Waals surface area contributed by atoms with Gasteiger partial charge in [0.15, 0.2) is 0 Å². The van der Waals surface area contributed by atoms with Crippen LogP contribution in [0.25, 0.3) is 0 Å². The maximum absolute atomic E-state index is 12.3. The minimum absolute atomic E-state index is 0.00882. The van der Waals surface area contributed by atoms with Gasteiger partial charge in [-0.3, -0.25) is 9.59 Å². The van der Waals surface area contributed by atoms with Crippen LogP contribution >= 0.6 is 0 Å². The molecule has 0 aromatic carbocycles. The minimum atomic E-state index is -2.19. The van der Waals surface area contributed by atoms with Gasteiger partial charge in [-0.2, -0.15) is 0 Å². The summed E-state index contributed by atoms with van der Waals surface area (Å²) in [5.74, 6) is -2.41. The zero-order valence-corrected chi connectivity index (χ0v) is 11.9. The van der Waals surface area contributed by atoms with Gasteiger partial charge in [0.25, 0.3) is 17.5 Å². The molecule has 3 fully saturated rings. The summed E-state index contributed by atoms with van der Waals surface area (Å²) >= 11 is 0. The number of hydrogen-bond acceptors (Lipinski definition) is 7. The molecule has 9 heteroatoms. The van der Waals surface area contributed by atoms with E-state index < -0.39 is 40.9 Å². The Bertz CT molecular complexity index is 470. The average Bonchev–Trinajstić information content (AvgIpc) is 2.42. The van der Waals surface area contributed by atoms with E-state index in [0.717, 1.165) is 0 Å². The number of fused-ring (bicyclic) bond motifs is 5. The second-order valence-corrected chi connectivity index (χ2v) is 5.91. The van der Waals surface area contributed by atoms with E-state index in [2.05, 4.69) is 10.6 Å². The van der Waals surface area contributed by atoms with E-state index in [0.29, 0.717) is 0 Å². The summed E-state index contributed by atoms with van der Waals surface area (Å²) in [6.07, 6.45) is -1.53. The highest BCUT2D eigenvalue weighted by Crippen LogP contribution is 2.33. The van der Waals surface area contributed by atoms with Crippen LogP contribution in [-0.4, -0.2) is 63.4 Å². The Hall–Kier alpha value is -1.26. The van der Waals surface area contributed by atoms with Crippen molar-refractivity contribution >= 4 is 11.8 Å². The predicted molar refractivity (Wildman–Crippen MR) is 69.4 cm³/mol. The number of hydrogen-bond donors (Lipinski definition) is 6. The molecule has 5 atom stereocenters. The van der Waals surface area contributed by atoms with E-state index in [4.69, 9.17) is 10.5 Å². The maximum Gasteiger partial charge on any atom is 0.278 e. The van der Waals surface area contributed by atoms with Gasteiger partial charge >= 0.3 is 0 Å². The van der Waals surface area contributed by atoms with E-state index in [1.165, 1.54) is 6.92 Å². The molecular formula is C12H21N3O6. The molecule has 0 aliphatic carbocycles. The first-order valence-electron chi connectivity index (χ1n) is 6.72. The Morgan fingerprint density at radius 2 is 2.10 bits per heavy atom. The number of aliphatic hydroxyl groups excluding tert-OH is 1. The van der Waals surface area contributed by atoms with Crippen LogP contribution in [0.15, 0.2) is 0 Å². The minimum Gasteiger partial charge on any atom is -0.386 e. The van der Waals surface area contributed by atoms with Crippen LogP contribution < -0.4 is 16.4 Å². The normalized spacial score (nSPS) is 40.6. The molecule has 3 aliphatic rings. The van der Waals surface area contributed by atoms with Crippen molar-refractivity contribution in [1.29, 1.82) is 0 Å². The third kappa shape index (κ3) is 2.21. The van der Waals surface area contributed by atoms with Crippen LogP contribution in [0.3, 0.4) is 0 Å². The van der Waals surface area contributed by atoms with Gasteiger partial charge in [0.05, 0.1) is 6.61 Å². The molecule has 0 aromatic heterocycles. The lowest BCUT2D eigenvalue weighted by molar-refractivity contribution is -0.235. The van der Waals surface area contributed by atoms with Crippen LogP contribution in [0.4, 0.5) is 0 Å². The molecule has 3 rings (SSSR count). The molecular weight excluding hydrogens is 282 g/mol. The first-order chi connectivity index (χ1) is 9.60. The molecule has 3 heterocycles. The smallest absolute Gasteiger partial charge is 0.278 e. The van der Waals surface area contributed by atoms with Crippen molar-refractivity contribution in [2.24, 2.45) is 11.7 Å². The Morgan fingerprint density at radius 1 is 1.48 bits per heavy atom. The van der Waals surface area contributed by atoms with Crippen LogP contribution in [-0.2, 0) is 14.3 Å². The quantitative estimate of drug-likeness (QED) is 0.320. The van der Waals surface area contributed by atoms with Crippen LogP contribution in [0.1, 0.15) is 20.3 Å². The Kier molecular flexibility index (Phi) is 3.75. The van der Waals surface area contributed by atoms with Gasteiger partial charge in [-0.05, 0) is 13.3 Å². The Labute approximate surface area is 121 Å². The molecule has 1 unspecified atom stereocenters. The Balaban J connectivity index is 2.45. The zero-order chi connectivity index (χ0) is 16.1. The van der Waals surface area contributed by atoms with Crippen molar-refractivity contribution < 1.29 is 29.6 Å². The Morgan fingerprint density at radius 3 is 2.67 bits per heavy atom. The number of nitrogens with one attached hydrogen (secondary N) is 2. The van der Waals surface area contributed by atoms with Crippen molar-refractivity contribution in [2.75, 3.05) is 13.2 Å². The highest BCUT2D eigenvalue weighted by atomic mass is 16.5. The van der Waals surface area contributed by atoms with Gasteiger partial charge in [-0.1, -0.05) is 6.92 Å². The van der Waals surface area contributed by atoms with Crippen LogP contribution in [0, 0.1) is 5.92 Å². The number of carbonyl (C=O) groups is 2. The maximum atomic E-state index is 12.3. The molecule has 0 aromatic rings. The van der Waals surface area contributed by atoms with Crippen molar-refractivity contribution in [3.63, 3.8) is 0 Å². The van der Waals surface area contributed by atoms with Gasteiger partial charge in [0, 0.05) is 12.5 Å². The lowest BCUT2D eigenvalue weighted by atomic mass is 9.83. The fourth-order valence-corrected chi connectivity index (χ4v) is 2.52. The second-order valence-electron chi connectivity index (χ2n) is 5.91. The number of carbonyl (C=O) groups excluding carboxylic acids is 2. The van der Waals surface area contributed by atoms with E-state index in [-0.39, 0.29) is 19.6 Å². The van der Waals surface area contributed by atoms with Crippen molar-refractivity contribution in [1.82, 2.24) is 10.6 Å². The third-order valence-electron chi connectivity index (χ3n) is 4.27. The molecule has 9 nitrogen and oxygen atoms in total. The van der Waals surface area contributed by atoms with Crippen molar-refractivity contribution in [3.05, 3.63) is 0 Å². The number of aliphatic hydroxyl groups is 3. The summed E-state index contributed by atoms with van der Waals surface area (Å²) in [7, 11) is 0. The summed E-state index contributed by atoms with van der Waals surface area (Å²) < 4.78 is 5.39. The molecule has 3 aliphatic heterocycles. The van der Waals surface area contributed by atoms with Gasteiger partial charge in [-0.25, -0.2) is 0 Å². The van der Waals surface area contributed by atoms with Crippen molar-refractivity contribution in [2.45, 2.75) is 43.4 Å². The highest BCUT2D eigenvalue weighted by Gasteiger charge is 2.63. The third-order valence-corrected chi connectivity index (χ3v) is 4.27. The molecule has 0 radical (unpaired) electrons. The molecule has 7 N–H and O–H groups in total. The van der Waals surface area contributed by atoms with Crippen molar-refractivity contribution in [3.8, 4) is 0 Å². The number of piperazine rings is 1. The fraction of sp³-hybridized carbons (Fsp3) is 0.833. The summed E-state index contributed by atoms with van der Waals surface area (Å²) in [5.41, 5.74) is -0.750. The van der Waals surface area contributed by atoms with E-state index >= 15 is 0 Å². The molecule has 2 amide bonds. The lowest BCUT2D eigenvalue weighted by Gasteiger charge is -2.51. The van der Waals surface area contributed by atoms with Gasteiger partial charge in [-0.15, -0.1) is 0 Å². The largest absolute Gasteiger partial charge is 0.386 e. The molecule has 2 bridgehead atoms. The fourth-order valence-electron chi connectivity index (χ4n) is 2.52. The molecule has 21 heavy (non-hydrogen) atoms. The number of nitrogens with two attached hydrogens (primary N) is 1. The first-order valence-corrected chi connectivity index (χ1v) is 6.72. The highest BCUT2D eigenvalue weighted by molar-refractivity contribution is 6.01. The molecule has 0 saturated carbocycles. The van der Waals surface area contributed by atoms with Crippen LogP contribution in [0.2, 0.25) is 0 Å². The number of ether oxygens (including phenoxy) is 1. The topological polar surface area (TPSA) is 154 Å². The summed E-state index contributed by atoms with van der Waals surface area (Å²) in [4.78, 5) is 24.5. The van der Waals surface area contributed by atoms with E-state index in [9.17, 15) is 24.9 Å². The summed E-state index contributed by atoms with van der Waals surface area (Å²) in [5, 5.41) is 35.1. The predicted octanol–water partition coefficient (Wildman–Crippen LogP) is -3.26. The first kappa shape index (κ1) is 16.1. The van der Waals surface area contributed by atoms with E-state index in [1.54, 1.807) is 6.92 Å². The van der Waals surface area contributed by atoms with Gasteiger partial charge in [0.1, 0.15) is 11.7 Å². The SMILES string of the molecule is CC1CCO[C@]2([C@@H](O)[C@@](C)(O)CN)NC(=O)[C@@]1(O)NC2=O. The van der Waals surface area contributed by atoms with E-state index in [1.807, 2.05) is 0 Å². The van der Waals surface area contributed by atoms with Gasteiger partial charge < -0.3 is 36.4 Å². The van der Waals surface area contributed by atoms with Crippen LogP contribution in [0.5, 0.6) is 0 Å². The zero-order valence-electron chi connectivity index (χ0n) is 11.9. The van der Waals surface area contributed by atoms with Gasteiger partial charge in [0.2, 0.25) is 5.72 Å². The molecule has 0 spiro atoms. The number of rotatable bonds is 3. The lowest BCUT2D eigenvalue weighted by Crippen LogP contribution is -2.83.